The number of fused-ring (bicyclic) bond motifs is 1. The van der Waals surface area contributed by atoms with Crippen molar-refractivity contribution in [3.8, 4) is 28.7 Å². The number of nitrogens with one attached hydrogen (secondary N) is 1. The number of H-pyrrole nitrogens is 1. The van der Waals surface area contributed by atoms with Crippen molar-refractivity contribution >= 4 is 22.6 Å². The molecule has 7 heteroatoms. The fourth-order valence-corrected chi connectivity index (χ4v) is 3.73. The minimum Gasteiger partial charge on any atom is -0.337 e. The summed E-state index contributed by atoms with van der Waals surface area (Å²) >= 11 is 6.46. The van der Waals surface area contributed by atoms with E-state index >= 15 is 0 Å². The molecule has 0 saturated heterocycles. The third-order valence-corrected chi connectivity index (χ3v) is 5.11. The van der Waals surface area contributed by atoms with Gasteiger partial charge in [-0.15, -0.1) is 0 Å². The maximum Gasteiger partial charge on any atom is 0.158 e. The van der Waals surface area contributed by atoms with E-state index in [0.717, 1.165) is 0 Å². The summed E-state index contributed by atoms with van der Waals surface area (Å²) in [7, 11) is 1.78. The Morgan fingerprint density at radius 1 is 1.21 bits per heavy atom. The molecule has 29 heavy (non-hydrogen) atoms. The van der Waals surface area contributed by atoms with Crippen LogP contribution >= 0.6 is 11.6 Å². The molecule has 146 valence electrons. The number of benzene rings is 2. The van der Waals surface area contributed by atoms with Crippen LogP contribution in [0.25, 0.3) is 33.7 Å². The van der Waals surface area contributed by atoms with Gasteiger partial charge in [0.25, 0.3) is 0 Å². The van der Waals surface area contributed by atoms with Crippen LogP contribution in [-0.2, 0) is 12.5 Å². The monoisotopic (exact) mass is 407 g/mol. The van der Waals surface area contributed by atoms with Gasteiger partial charge in [0.1, 0.15) is 28.7 Å². The van der Waals surface area contributed by atoms with Crippen molar-refractivity contribution in [2.45, 2.75) is 26.2 Å². The van der Waals surface area contributed by atoms with Crippen LogP contribution in [0.4, 0.5) is 4.39 Å². The molecule has 0 spiro atoms. The molecule has 4 rings (SSSR count). The van der Waals surface area contributed by atoms with E-state index in [1.165, 1.54) is 6.07 Å². The summed E-state index contributed by atoms with van der Waals surface area (Å²) in [6.45, 7) is 6.03. The van der Waals surface area contributed by atoms with E-state index in [9.17, 15) is 9.65 Å². The van der Waals surface area contributed by atoms with Gasteiger partial charge in [-0.25, -0.2) is 9.37 Å². The SMILES string of the molecule is Cn1nc(C(C)(C)C)c(C#N)c1-c1nc2c(Cl)cc(-c3ccccc3F)cc2[nH]1. The van der Waals surface area contributed by atoms with Gasteiger partial charge in [0.05, 0.1) is 16.2 Å². The van der Waals surface area contributed by atoms with Crippen molar-refractivity contribution in [1.82, 2.24) is 19.7 Å². The summed E-state index contributed by atoms with van der Waals surface area (Å²) in [6.07, 6.45) is 0. The quantitative estimate of drug-likeness (QED) is 0.470. The maximum atomic E-state index is 14.2. The highest BCUT2D eigenvalue weighted by atomic mass is 35.5. The molecule has 4 aromatic rings. The average Bonchev–Trinajstić information content (AvgIpc) is 3.22. The normalized spacial score (nSPS) is 11.8. The predicted molar refractivity (Wildman–Crippen MR) is 112 cm³/mol. The van der Waals surface area contributed by atoms with Gasteiger partial charge in [-0.05, 0) is 23.8 Å². The molecular formula is C22H19ClFN5. The number of imidazole rings is 1. The molecule has 0 amide bonds. The second-order valence-electron chi connectivity index (χ2n) is 7.98. The van der Waals surface area contributed by atoms with Crippen LogP contribution in [0.1, 0.15) is 32.0 Å². The first kappa shape index (κ1) is 19.2. The number of aromatic amines is 1. The first-order valence-corrected chi connectivity index (χ1v) is 9.50. The Kier molecular flexibility index (Phi) is 4.44. The maximum absolute atomic E-state index is 14.2. The average molecular weight is 408 g/mol. The van der Waals surface area contributed by atoms with Crippen LogP contribution in [0.3, 0.4) is 0 Å². The van der Waals surface area contributed by atoms with Crippen LogP contribution in [0, 0.1) is 17.1 Å². The number of rotatable bonds is 2. The molecule has 0 aliphatic rings. The van der Waals surface area contributed by atoms with Crippen LogP contribution in [-0.4, -0.2) is 19.7 Å². The highest BCUT2D eigenvalue weighted by Crippen LogP contribution is 2.35. The van der Waals surface area contributed by atoms with Crippen molar-refractivity contribution in [1.29, 1.82) is 5.26 Å². The summed E-state index contributed by atoms with van der Waals surface area (Å²) in [5.41, 5.74) is 3.82. The molecule has 1 N–H and O–H groups in total. The molecule has 0 aliphatic carbocycles. The summed E-state index contributed by atoms with van der Waals surface area (Å²) in [4.78, 5) is 7.84. The summed E-state index contributed by atoms with van der Waals surface area (Å²) < 4.78 is 15.9. The molecule has 5 nitrogen and oxygen atoms in total. The second-order valence-corrected chi connectivity index (χ2v) is 8.38. The van der Waals surface area contributed by atoms with Gasteiger partial charge in [-0.1, -0.05) is 50.6 Å². The summed E-state index contributed by atoms with van der Waals surface area (Å²) in [6, 6.07) is 12.3. The van der Waals surface area contributed by atoms with Crippen LogP contribution in [0.2, 0.25) is 5.02 Å². The first-order chi connectivity index (χ1) is 13.7. The van der Waals surface area contributed by atoms with Gasteiger partial charge in [-0.3, -0.25) is 4.68 Å². The molecule has 2 heterocycles. The number of nitriles is 1. The molecule has 0 atom stereocenters. The molecule has 0 aliphatic heterocycles. The molecule has 0 fully saturated rings. The van der Waals surface area contributed by atoms with Gasteiger partial charge in [0, 0.05) is 18.0 Å². The highest BCUT2D eigenvalue weighted by Gasteiger charge is 2.28. The lowest BCUT2D eigenvalue weighted by Crippen LogP contribution is -2.14. The number of aryl methyl sites for hydroxylation is 1. The van der Waals surface area contributed by atoms with Crippen LogP contribution in [0.15, 0.2) is 36.4 Å². The Hall–Kier alpha value is -3.17. The van der Waals surface area contributed by atoms with Crippen LogP contribution < -0.4 is 0 Å². The summed E-state index contributed by atoms with van der Waals surface area (Å²) in [5, 5.41) is 14.7. The Balaban J connectivity index is 1.93. The molecular weight excluding hydrogens is 389 g/mol. The van der Waals surface area contributed by atoms with Gasteiger partial charge < -0.3 is 4.98 Å². The predicted octanol–water partition coefficient (Wildman–Crippen LogP) is 5.59. The minimum absolute atomic E-state index is 0.289. The zero-order chi connectivity index (χ0) is 20.9. The minimum atomic E-state index is -0.323. The van der Waals surface area contributed by atoms with Crippen molar-refractivity contribution in [3.05, 3.63) is 58.5 Å². The van der Waals surface area contributed by atoms with Crippen molar-refractivity contribution < 1.29 is 4.39 Å². The number of hydrogen-bond donors (Lipinski definition) is 1. The fourth-order valence-electron chi connectivity index (χ4n) is 3.46. The van der Waals surface area contributed by atoms with Crippen molar-refractivity contribution in [3.63, 3.8) is 0 Å². The highest BCUT2D eigenvalue weighted by molar-refractivity contribution is 6.35. The van der Waals surface area contributed by atoms with Gasteiger partial charge in [0.15, 0.2) is 5.82 Å². The van der Waals surface area contributed by atoms with Gasteiger partial charge in [0.2, 0.25) is 0 Å². The standard InChI is InChI=1S/C22H19ClFN5/c1-22(2,3)20-14(11-25)19(29(4)28-20)21-26-17-10-12(9-15(23)18(17)27-21)13-7-5-6-8-16(13)24/h5-10H,1-4H3,(H,26,27). The molecule has 0 saturated carbocycles. The van der Waals surface area contributed by atoms with E-state index < -0.39 is 0 Å². The number of halogens is 2. The summed E-state index contributed by atoms with van der Waals surface area (Å²) in [5.74, 6) is 0.172. The lowest BCUT2D eigenvalue weighted by molar-refractivity contribution is 0.552. The molecule has 2 aromatic heterocycles. The zero-order valence-corrected chi connectivity index (χ0v) is 17.3. The topological polar surface area (TPSA) is 70.3 Å². The lowest BCUT2D eigenvalue weighted by Gasteiger charge is -2.15. The Labute approximate surface area is 172 Å². The van der Waals surface area contributed by atoms with Crippen LogP contribution in [0.5, 0.6) is 0 Å². The van der Waals surface area contributed by atoms with Gasteiger partial charge in [-0.2, -0.15) is 10.4 Å². The van der Waals surface area contributed by atoms with Crippen molar-refractivity contribution in [2.24, 2.45) is 7.05 Å². The third-order valence-electron chi connectivity index (χ3n) is 4.82. The van der Waals surface area contributed by atoms with Gasteiger partial charge >= 0.3 is 0 Å². The van der Waals surface area contributed by atoms with E-state index in [0.29, 0.717) is 50.0 Å². The lowest BCUT2D eigenvalue weighted by atomic mass is 9.89. The van der Waals surface area contributed by atoms with E-state index in [1.54, 1.807) is 36.0 Å². The third kappa shape index (κ3) is 3.18. The molecule has 2 aromatic carbocycles. The molecule has 0 unspecified atom stereocenters. The number of nitrogens with zero attached hydrogens (tertiary/aromatic N) is 4. The smallest absolute Gasteiger partial charge is 0.158 e. The van der Waals surface area contributed by atoms with Crippen molar-refractivity contribution in [2.75, 3.05) is 0 Å². The Bertz CT molecular complexity index is 1290. The molecule has 0 bridgehead atoms. The fraction of sp³-hybridized carbons (Fsp3) is 0.227. The molecule has 0 radical (unpaired) electrons. The number of hydrogen-bond acceptors (Lipinski definition) is 3. The Morgan fingerprint density at radius 2 is 1.93 bits per heavy atom. The first-order valence-electron chi connectivity index (χ1n) is 9.13. The zero-order valence-electron chi connectivity index (χ0n) is 16.5. The van der Waals surface area contributed by atoms with E-state index in [1.807, 2.05) is 26.8 Å². The largest absolute Gasteiger partial charge is 0.337 e. The number of aromatic nitrogens is 4. The second kappa shape index (κ2) is 6.71. The van der Waals surface area contributed by atoms with E-state index in [-0.39, 0.29) is 11.2 Å². The van der Waals surface area contributed by atoms with E-state index in [4.69, 9.17) is 11.6 Å². The Morgan fingerprint density at radius 3 is 2.59 bits per heavy atom. The van der Waals surface area contributed by atoms with E-state index in [2.05, 4.69) is 21.1 Å².